The maximum atomic E-state index is 13.9. The van der Waals surface area contributed by atoms with Gasteiger partial charge in [-0.25, -0.2) is 13.8 Å². The molecule has 0 radical (unpaired) electrons. The lowest BCUT2D eigenvalue weighted by molar-refractivity contribution is -0.116. The van der Waals surface area contributed by atoms with Crippen LogP contribution in [0.4, 0.5) is 13.9 Å². The molecule has 2 aromatic heterocycles. The molecule has 1 amide bonds. The third-order valence-electron chi connectivity index (χ3n) is 4.34. The van der Waals surface area contributed by atoms with Crippen LogP contribution in [0.25, 0.3) is 22.6 Å². The zero-order chi connectivity index (χ0) is 21.8. The first kappa shape index (κ1) is 20.6. The van der Waals surface area contributed by atoms with Crippen LogP contribution in [0.15, 0.2) is 52.4 Å². The summed E-state index contributed by atoms with van der Waals surface area (Å²) in [7, 11) is 1.58. The van der Waals surface area contributed by atoms with Gasteiger partial charge in [0, 0.05) is 29.3 Å². The van der Waals surface area contributed by atoms with E-state index in [1.165, 1.54) is 0 Å². The molecule has 158 valence electrons. The van der Waals surface area contributed by atoms with Crippen molar-refractivity contribution in [1.29, 1.82) is 0 Å². The number of ether oxygens (including phenoxy) is 1. The average Bonchev–Trinajstić information content (AvgIpc) is 3.44. The molecule has 1 N–H and O–H groups in total. The molecule has 0 aliphatic carbocycles. The molecule has 0 aliphatic rings. The number of hydrogen-bond donors (Lipinski definition) is 1. The summed E-state index contributed by atoms with van der Waals surface area (Å²) < 4.78 is 37.6. The topological polar surface area (TPSA) is 90.1 Å². The van der Waals surface area contributed by atoms with Gasteiger partial charge in [-0.2, -0.15) is 4.98 Å². The van der Waals surface area contributed by atoms with Crippen molar-refractivity contribution in [1.82, 2.24) is 15.1 Å². The molecule has 0 unspecified atom stereocenters. The van der Waals surface area contributed by atoms with Gasteiger partial charge in [0.25, 0.3) is 0 Å². The highest BCUT2D eigenvalue weighted by Crippen LogP contribution is 2.28. The van der Waals surface area contributed by atoms with Gasteiger partial charge in [0.2, 0.25) is 17.6 Å². The number of aryl methyl sites for hydroxylation is 1. The molecule has 7 nitrogen and oxygen atoms in total. The fourth-order valence-electron chi connectivity index (χ4n) is 2.76. The third kappa shape index (κ3) is 4.92. The summed E-state index contributed by atoms with van der Waals surface area (Å²) >= 11 is 1.12. The molecule has 2 aromatic carbocycles. The maximum Gasteiger partial charge on any atom is 0.227 e. The van der Waals surface area contributed by atoms with Crippen molar-refractivity contribution >= 4 is 22.4 Å². The first-order chi connectivity index (χ1) is 15.0. The van der Waals surface area contributed by atoms with Crippen molar-refractivity contribution in [3.05, 3.63) is 65.4 Å². The number of hydrogen-bond acceptors (Lipinski definition) is 7. The Morgan fingerprint density at radius 3 is 2.74 bits per heavy atom. The number of carbonyl (C=O) groups is 1. The van der Waals surface area contributed by atoms with Gasteiger partial charge in [-0.15, -0.1) is 11.3 Å². The van der Waals surface area contributed by atoms with Gasteiger partial charge in [-0.1, -0.05) is 5.16 Å². The second-order valence-corrected chi connectivity index (χ2v) is 7.31. The lowest BCUT2D eigenvalue weighted by atomic mass is 10.1. The van der Waals surface area contributed by atoms with Gasteiger partial charge >= 0.3 is 0 Å². The molecule has 4 aromatic rings. The second-order valence-electron chi connectivity index (χ2n) is 6.45. The number of methoxy groups -OCH3 is 1. The van der Waals surface area contributed by atoms with Crippen LogP contribution in [0.5, 0.6) is 5.75 Å². The standard InChI is InChI=1S/C21H16F2N4O3S/c1-29-14-5-2-12(3-6-14)20-26-19(30-27-20)9-8-18(28)25-21-24-17(11-31-21)15-10-13(22)4-7-16(15)23/h2-7,10-11H,8-9H2,1H3,(H,24,25,28). The highest BCUT2D eigenvalue weighted by atomic mass is 32.1. The second kappa shape index (κ2) is 9.00. The fourth-order valence-corrected chi connectivity index (χ4v) is 3.49. The molecule has 0 atom stereocenters. The van der Waals surface area contributed by atoms with Crippen LogP contribution in [-0.4, -0.2) is 28.1 Å². The lowest BCUT2D eigenvalue weighted by Gasteiger charge is -2.01. The molecule has 31 heavy (non-hydrogen) atoms. The van der Waals surface area contributed by atoms with E-state index in [4.69, 9.17) is 9.26 Å². The van der Waals surface area contributed by atoms with Crippen LogP contribution >= 0.6 is 11.3 Å². The number of nitrogens with zero attached hydrogens (tertiary/aromatic N) is 3. The van der Waals surface area contributed by atoms with Crippen LogP contribution in [0.2, 0.25) is 0 Å². The highest BCUT2D eigenvalue weighted by molar-refractivity contribution is 7.14. The van der Waals surface area contributed by atoms with Crippen LogP contribution in [-0.2, 0) is 11.2 Å². The first-order valence-corrected chi connectivity index (χ1v) is 10.1. The van der Waals surface area contributed by atoms with Gasteiger partial charge in [0.15, 0.2) is 5.13 Å². The number of halogens is 2. The number of carbonyl (C=O) groups excluding carboxylic acids is 1. The van der Waals surface area contributed by atoms with E-state index < -0.39 is 11.6 Å². The zero-order valence-electron chi connectivity index (χ0n) is 16.3. The van der Waals surface area contributed by atoms with Crippen LogP contribution < -0.4 is 10.1 Å². The Labute approximate surface area is 179 Å². The average molecular weight is 442 g/mol. The summed E-state index contributed by atoms with van der Waals surface area (Å²) in [5.74, 6) is -0.0148. The molecule has 0 aliphatic heterocycles. The van der Waals surface area contributed by atoms with E-state index in [1.807, 2.05) is 12.1 Å². The Morgan fingerprint density at radius 1 is 1.16 bits per heavy atom. The van der Waals surface area contributed by atoms with Crippen LogP contribution in [0, 0.1) is 11.6 Å². The normalized spacial score (nSPS) is 10.8. The Bertz CT molecular complexity index is 1210. The molecule has 10 heteroatoms. The Kier molecular flexibility index (Phi) is 5.99. The quantitative estimate of drug-likeness (QED) is 0.446. The Morgan fingerprint density at radius 2 is 1.97 bits per heavy atom. The monoisotopic (exact) mass is 442 g/mol. The smallest absolute Gasteiger partial charge is 0.227 e. The van der Waals surface area contributed by atoms with E-state index in [0.717, 1.165) is 40.8 Å². The van der Waals surface area contributed by atoms with E-state index in [2.05, 4.69) is 20.4 Å². The van der Waals surface area contributed by atoms with E-state index >= 15 is 0 Å². The van der Waals surface area contributed by atoms with Crippen molar-refractivity contribution in [2.45, 2.75) is 12.8 Å². The summed E-state index contributed by atoms with van der Waals surface area (Å²) in [6, 6.07) is 10.3. The molecule has 2 heterocycles. The Hall–Kier alpha value is -3.66. The molecular formula is C21H16F2N4O3S. The number of amides is 1. The van der Waals surface area contributed by atoms with E-state index in [-0.39, 0.29) is 35.1 Å². The van der Waals surface area contributed by atoms with Crippen molar-refractivity contribution in [2.24, 2.45) is 0 Å². The third-order valence-corrected chi connectivity index (χ3v) is 5.09. The molecule has 0 saturated heterocycles. The number of benzene rings is 2. The van der Waals surface area contributed by atoms with E-state index in [0.29, 0.717) is 11.7 Å². The maximum absolute atomic E-state index is 13.9. The van der Waals surface area contributed by atoms with Crippen LogP contribution in [0.3, 0.4) is 0 Å². The molecule has 0 spiro atoms. The van der Waals surface area contributed by atoms with Crippen molar-refractivity contribution in [2.75, 3.05) is 12.4 Å². The largest absolute Gasteiger partial charge is 0.497 e. The highest BCUT2D eigenvalue weighted by Gasteiger charge is 2.14. The van der Waals surface area contributed by atoms with Gasteiger partial charge in [0.1, 0.15) is 17.4 Å². The van der Waals surface area contributed by atoms with Crippen molar-refractivity contribution in [3.8, 4) is 28.4 Å². The minimum absolute atomic E-state index is 0.0358. The SMILES string of the molecule is COc1ccc(-c2noc(CCC(=O)Nc3nc(-c4cc(F)ccc4F)cs3)n2)cc1. The summed E-state index contributed by atoms with van der Waals surface area (Å²) in [5.41, 5.74) is 1.05. The Balaban J connectivity index is 1.34. The first-order valence-electron chi connectivity index (χ1n) is 9.19. The number of rotatable bonds is 7. The number of aromatic nitrogens is 3. The van der Waals surface area contributed by atoms with Crippen molar-refractivity contribution in [3.63, 3.8) is 0 Å². The number of thiazole rings is 1. The van der Waals surface area contributed by atoms with Crippen molar-refractivity contribution < 1.29 is 22.8 Å². The lowest BCUT2D eigenvalue weighted by Crippen LogP contribution is -2.12. The van der Waals surface area contributed by atoms with Gasteiger partial charge in [0.05, 0.1) is 12.8 Å². The van der Waals surface area contributed by atoms with Gasteiger partial charge in [-0.05, 0) is 42.5 Å². The van der Waals surface area contributed by atoms with Gasteiger partial charge in [-0.3, -0.25) is 4.79 Å². The molecule has 0 bridgehead atoms. The summed E-state index contributed by atoms with van der Waals surface area (Å²) in [5, 5.41) is 8.39. The number of nitrogens with one attached hydrogen (secondary N) is 1. The minimum Gasteiger partial charge on any atom is -0.497 e. The molecule has 0 saturated carbocycles. The predicted molar refractivity (Wildman–Crippen MR) is 111 cm³/mol. The summed E-state index contributed by atoms with van der Waals surface area (Å²) in [4.78, 5) is 20.7. The minimum atomic E-state index is -0.589. The molecular weight excluding hydrogens is 426 g/mol. The predicted octanol–water partition coefficient (Wildman–Crippen LogP) is 4.72. The van der Waals surface area contributed by atoms with E-state index in [9.17, 15) is 13.6 Å². The van der Waals surface area contributed by atoms with Gasteiger partial charge < -0.3 is 14.6 Å². The summed E-state index contributed by atoms with van der Waals surface area (Å²) in [6.45, 7) is 0. The fraction of sp³-hybridized carbons (Fsp3) is 0.143. The number of anilines is 1. The summed E-state index contributed by atoms with van der Waals surface area (Å²) in [6.07, 6.45) is 0.333. The van der Waals surface area contributed by atoms with E-state index in [1.54, 1.807) is 24.6 Å². The molecule has 0 fully saturated rings. The molecule has 4 rings (SSSR count). The van der Waals surface area contributed by atoms with Crippen LogP contribution in [0.1, 0.15) is 12.3 Å². The zero-order valence-corrected chi connectivity index (χ0v) is 17.1.